The fraction of sp³-hybridized carbons (Fsp3) is 0.917. The van der Waals surface area contributed by atoms with Gasteiger partial charge in [0.15, 0.2) is 0 Å². The first kappa shape index (κ1) is 11.9. The van der Waals surface area contributed by atoms with Crippen LogP contribution in [0.15, 0.2) is 0 Å². The molecule has 2 atom stereocenters. The first-order valence-electron chi connectivity index (χ1n) is 6.41. The summed E-state index contributed by atoms with van der Waals surface area (Å²) >= 11 is 0. The largest absolute Gasteiger partial charge is 0.356 e. The average molecular weight is 225 g/mol. The predicted molar refractivity (Wildman–Crippen MR) is 64.0 cm³/mol. The number of carbonyl (C=O) groups excluding carboxylic acids is 1. The fourth-order valence-electron chi connectivity index (χ4n) is 2.42. The molecule has 92 valence electrons. The highest BCUT2D eigenvalue weighted by molar-refractivity contribution is 5.76. The molecule has 16 heavy (non-hydrogen) atoms. The molecule has 4 heteroatoms. The standard InChI is InChI=1S/C12H23N3O/c1-9(13)6-12(16)14-7-10-4-5-15(8-10)11-2-3-11/h9-11H,2-8,13H2,1H3,(H,14,16). The molecule has 2 rings (SSSR count). The lowest BCUT2D eigenvalue weighted by molar-refractivity contribution is -0.121. The Labute approximate surface area is 97.6 Å². The molecule has 0 spiro atoms. The number of hydrogen-bond acceptors (Lipinski definition) is 3. The van der Waals surface area contributed by atoms with E-state index in [-0.39, 0.29) is 11.9 Å². The summed E-state index contributed by atoms with van der Waals surface area (Å²) in [6.07, 6.45) is 4.43. The molecule has 1 aliphatic carbocycles. The SMILES string of the molecule is CC(N)CC(=O)NCC1CCN(C2CC2)C1. The normalized spacial score (nSPS) is 28.0. The molecule has 0 radical (unpaired) electrons. The highest BCUT2D eigenvalue weighted by Crippen LogP contribution is 2.31. The maximum absolute atomic E-state index is 11.4. The van der Waals surface area contributed by atoms with Crippen LogP contribution in [0.1, 0.15) is 32.6 Å². The molecule has 4 nitrogen and oxygen atoms in total. The van der Waals surface area contributed by atoms with E-state index in [0.29, 0.717) is 12.3 Å². The maximum Gasteiger partial charge on any atom is 0.221 e. The Balaban J connectivity index is 1.61. The monoisotopic (exact) mass is 225 g/mol. The molecule has 1 heterocycles. The van der Waals surface area contributed by atoms with E-state index in [1.807, 2.05) is 6.92 Å². The van der Waals surface area contributed by atoms with Crippen molar-refractivity contribution < 1.29 is 4.79 Å². The Morgan fingerprint density at radius 3 is 2.88 bits per heavy atom. The van der Waals surface area contributed by atoms with Crippen LogP contribution in [-0.2, 0) is 4.79 Å². The van der Waals surface area contributed by atoms with Gasteiger partial charge in [-0.3, -0.25) is 4.79 Å². The number of likely N-dealkylation sites (tertiary alicyclic amines) is 1. The molecule has 1 saturated heterocycles. The van der Waals surface area contributed by atoms with Gasteiger partial charge in [0, 0.05) is 31.6 Å². The van der Waals surface area contributed by atoms with Gasteiger partial charge in [-0.05, 0) is 38.6 Å². The Morgan fingerprint density at radius 1 is 1.50 bits per heavy atom. The molecule has 0 aromatic carbocycles. The predicted octanol–water partition coefficient (Wildman–Crippen LogP) is 0.324. The third-order valence-electron chi connectivity index (χ3n) is 3.48. The second-order valence-electron chi connectivity index (χ2n) is 5.37. The van der Waals surface area contributed by atoms with Crippen LogP contribution in [0.25, 0.3) is 0 Å². The minimum absolute atomic E-state index is 0.0356. The van der Waals surface area contributed by atoms with Crippen molar-refractivity contribution in [1.82, 2.24) is 10.2 Å². The minimum atomic E-state index is -0.0356. The molecular weight excluding hydrogens is 202 g/mol. The zero-order valence-electron chi connectivity index (χ0n) is 10.1. The van der Waals surface area contributed by atoms with Gasteiger partial charge in [-0.1, -0.05) is 0 Å². The highest BCUT2D eigenvalue weighted by Gasteiger charge is 2.34. The van der Waals surface area contributed by atoms with Gasteiger partial charge in [-0.15, -0.1) is 0 Å². The van der Waals surface area contributed by atoms with E-state index in [1.165, 1.54) is 32.4 Å². The molecule has 2 fully saturated rings. The third kappa shape index (κ3) is 3.46. The van der Waals surface area contributed by atoms with Crippen molar-refractivity contribution in [1.29, 1.82) is 0 Å². The third-order valence-corrected chi connectivity index (χ3v) is 3.48. The van der Waals surface area contributed by atoms with Crippen molar-refractivity contribution >= 4 is 5.91 Å². The number of nitrogens with one attached hydrogen (secondary N) is 1. The van der Waals surface area contributed by atoms with Crippen LogP contribution in [-0.4, -0.2) is 42.5 Å². The number of nitrogens with two attached hydrogens (primary N) is 1. The molecule has 3 N–H and O–H groups in total. The van der Waals surface area contributed by atoms with Crippen LogP contribution in [0.2, 0.25) is 0 Å². The lowest BCUT2D eigenvalue weighted by atomic mass is 10.1. The topological polar surface area (TPSA) is 58.4 Å². The number of amides is 1. The first-order chi connectivity index (χ1) is 7.65. The first-order valence-corrected chi connectivity index (χ1v) is 6.41. The summed E-state index contributed by atoms with van der Waals surface area (Å²) in [5.74, 6) is 0.748. The van der Waals surface area contributed by atoms with Crippen LogP contribution in [0, 0.1) is 5.92 Å². The van der Waals surface area contributed by atoms with Gasteiger partial charge in [0.2, 0.25) is 5.91 Å². The summed E-state index contributed by atoms with van der Waals surface area (Å²) in [6, 6.07) is 0.830. The van der Waals surface area contributed by atoms with Crippen molar-refractivity contribution in [3.63, 3.8) is 0 Å². The molecule has 1 saturated carbocycles. The van der Waals surface area contributed by atoms with Crippen molar-refractivity contribution in [2.75, 3.05) is 19.6 Å². The second-order valence-corrected chi connectivity index (χ2v) is 5.37. The van der Waals surface area contributed by atoms with E-state index >= 15 is 0 Å². The van der Waals surface area contributed by atoms with Crippen LogP contribution in [0.3, 0.4) is 0 Å². The van der Waals surface area contributed by atoms with Crippen molar-refractivity contribution in [3.8, 4) is 0 Å². The van der Waals surface area contributed by atoms with Crippen molar-refractivity contribution in [2.45, 2.75) is 44.7 Å². The van der Waals surface area contributed by atoms with E-state index in [0.717, 1.165) is 12.6 Å². The van der Waals surface area contributed by atoms with E-state index in [1.54, 1.807) is 0 Å². The minimum Gasteiger partial charge on any atom is -0.356 e. The van der Waals surface area contributed by atoms with Crippen LogP contribution >= 0.6 is 0 Å². The summed E-state index contributed by atoms with van der Waals surface area (Å²) in [5, 5.41) is 2.99. The van der Waals surface area contributed by atoms with Crippen molar-refractivity contribution in [2.24, 2.45) is 11.7 Å². The summed E-state index contributed by atoms with van der Waals surface area (Å²) < 4.78 is 0. The van der Waals surface area contributed by atoms with Crippen LogP contribution < -0.4 is 11.1 Å². The lowest BCUT2D eigenvalue weighted by Gasteiger charge is -2.15. The summed E-state index contributed by atoms with van der Waals surface area (Å²) in [7, 11) is 0. The number of hydrogen-bond donors (Lipinski definition) is 2. The fourth-order valence-corrected chi connectivity index (χ4v) is 2.42. The zero-order chi connectivity index (χ0) is 11.5. The molecular formula is C12H23N3O. The molecule has 1 aliphatic heterocycles. The van der Waals surface area contributed by atoms with Gasteiger partial charge in [-0.25, -0.2) is 0 Å². The molecule has 2 unspecified atom stereocenters. The van der Waals surface area contributed by atoms with Gasteiger partial charge in [0.05, 0.1) is 0 Å². The van der Waals surface area contributed by atoms with E-state index < -0.39 is 0 Å². The van der Waals surface area contributed by atoms with E-state index in [4.69, 9.17) is 5.73 Å². The second kappa shape index (κ2) is 5.15. The maximum atomic E-state index is 11.4. The Hall–Kier alpha value is -0.610. The zero-order valence-corrected chi connectivity index (χ0v) is 10.1. The Morgan fingerprint density at radius 2 is 2.25 bits per heavy atom. The summed E-state index contributed by atoms with van der Waals surface area (Å²) in [6.45, 7) is 5.08. The van der Waals surface area contributed by atoms with Gasteiger partial charge in [0.25, 0.3) is 0 Å². The molecule has 0 bridgehead atoms. The lowest BCUT2D eigenvalue weighted by Crippen LogP contribution is -2.34. The van der Waals surface area contributed by atoms with Crippen LogP contribution in [0.4, 0.5) is 0 Å². The van der Waals surface area contributed by atoms with Gasteiger partial charge in [0.1, 0.15) is 0 Å². The Kier molecular flexibility index (Phi) is 3.82. The smallest absolute Gasteiger partial charge is 0.221 e. The number of rotatable bonds is 5. The molecule has 1 amide bonds. The van der Waals surface area contributed by atoms with E-state index in [2.05, 4.69) is 10.2 Å². The molecule has 0 aromatic heterocycles. The number of nitrogens with zero attached hydrogens (tertiary/aromatic N) is 1. The van der Waals surface area contributed by atoms with Gasteiger partial charge < -0.3 is 16.0 Å². The number of carbonyl (C=O) groups is 1. The Bertz CT molecular complexity index is 251. The van der Waals surface area contributed by atoms with Crippen molar-refractivity contribution in [3.05, 3.63) is 0 Å². The van der Waals surface area contributed by atoms with E-state index in [9.17, 15) is 4.79 Å². The quantitative estimate of drug-likeness (QED) is 0.708. The van der Waals surface area contributed by atoms with Crippen LogP contribution in [0.5, 0.6) is 0 Å². The summed E-state index contributed by atoms with van der Waals surface area (Å²) in [5.41, 5.74) is 5.58. The summed E-state index contributed by atoms with van der Waals surface area (Å²) in [4.78, 5) is 14.0. The molecule has 0 aromatic rings. The average Bonchev–Trinajstić information content (AvgIpc) is 2.94. The molecule has 2 aliphatic rings. The highest BCUT2D eigenvalue weighted by atomic mass is 16.1. The van der Waals surface area contributed by atoms with Gasteiger partial charge >= 0.3 is 0 Å². The van der Waals surface area contributed by atoms with Gasteiger partial charge in [-0.2, -0.15) is 0 Å².